The van der Waals surface area contributed by atoms with Crippen molar-refractivity contribution in [2.45, 2.75) is 18.9 Å². The summed E-state index contributed by atoms with van der Waals surface area (Å²) in [7, 11) is -0.783. The van der Waals surface area contributed by atoms with Gasteiger partial charge >= 0.3 is 5.97 Å². The third-order valence-corrected chi connectivity index (χ3v) is 3.87. The van der Waals surface area contributed by atoms with Crippen LogP contribution in [-0.2, 0) is 15.6 Å². The van der Waals surface area contributed by atoms with Gasteiger partial charge < -0.3 is 15.7 Å². The Morgan fingerprint density at radius 1 is 1.60 bits per heavy atom. The summed E-state index contributed by atoms with van der Waals surface area (Å²) in [6.45, 7) is 3.86. The minimum absolute atomic E-state index is 0.124. The fraction of sp³-hybridized carbons (Fsp3) is 0.889. The van der Waals surface area contributed by atoms with Gasteiger partial charge in [-0.15, -0.1) is 0 Å². The Morgan fingerprint density at radius 3 is 2.67 bits per heavy atom. The van der Waals surface area contributed by atoms with E-state index in [-0.39, 0.29) is 12.0 Å². The van der Waals surface area contributed by atoms with Gasteiger partial charge in [0.25, 0.3) is 0 Å². The third kappa shape index (κ3) is 3.89. The molecule has 0 radical (unpaired) electrons. The lowest BCUT2D eigenvalue weighted by atomic mass is 9.88. The maximum Gasteiger partial charge on any atom is 0.305 e. The molecule has 0 spiro atoms. The minimum atomic E-state index is -0.791. The van der Waals surface area contributed by atoms with Crippen molar-refractivity contribution >= 4 is 16.8 Å². The van der Waals surface area contributed by atoms with Gasteiger partial charge in [-0.25, -0.2) is 0 Å². The summed E-state index contributed by atoms with van der Waals surface area (Å²) in [6.07, 6.45) is 0.124. The van der Waals surface area contributed by atoms with Crippen molar-refractivity contribution in [3.63, 3.8) is 0 Å². The standard InChI is InChI=1S/C9H18N2O3S/c1-2-15(14)4-3-11-9(5-8(12)13)6-10-7-9/h10-11H,2-7H2,1H3,(H,12,13). The number of aliphatic carboxylic acids is 1. The molecule has 1 unspecified atom stereocenters. The van der Waals surface area contributed by atoms with E-state index in [1.165, 1.54) is 0 Å². The molecule has 1 aliphatic rings. The highest BCUT2D eigenvalue weighted by Crippen LogP contribution is 2.15. The Kier molecular flexibility index (Phi) is 4.69. The lowest BCUT2D eigenvalue weighted by molar-refractivity contribution is -0.139. The number of hydrogen-bond donors (Lipinski definition) is 3. The molecule has 1 rings (SSSR count). The number of carbonyl (C=O) groups is 1. The average molecular weight is 234 g/mol. The zero-order chi connectivity index (χ0) is 11.3. The van der Waals surface area contributed by atoms with Gasteiger partial charge in [0.05, 0.1) is 12.0 Å². The van der Waals surface area contributed by atoms with Gasteiger partial charge in [0.2, 0.25) is 0 Å². The summed E-state index contributed by atoms with van der Waals surface area (Å²) in [4.78, 5) is 10.6. The molecule has 0 aromatic heterocycles. The molecule has 1 aliphatic heterocycles. The van der Waals surface area contributed by atoms with Crippen molar-refractivity contribution in [3.05, 3.63) is 0 Å². The van der Waals surface area contributed by atoms with Gasteiger partial charge in [0.1, 0.15) is 0 Å². The summed E-state index contributed by atoms with van der Waals surface area (Å²) in [5.74, 6) is 0.463. The maximum absolute atomic E-state index is 11.2. The van der Waals surface area contributed by atoms with Crippen LogP contribution in [0.3, 0.4) is 0 Å². The van der Waals surface area contributed by atoms with Gasteiger partial charge in [-0.2, -0.15) is 0 Å². The summed E-state index contributed by atoms with van der Waals surface area (Å²) < 4.78 is 11.2. The first-order valence-electron chi connectivity index (χ1n) is 5.10. The van der Waals surface area contributed by atoms with Crippen LogP contribution in [-0.4, -0.2) is 52.0 Å². The van der Waals surface area contributed by atoms with Crippen molar-refractivity contribution in [2.75, 3.05) is 31.1 Å². The van der Waals surface area contributed by atoms with E-state index < -0.39 is 16.8 Å². The summed E-state index contributed by atoms with van der Waals surface area (Å²) in [5, 5.41) is 15.0. The molecule has 88 valence electrons. The number of nitrogens with one attached hydrogen (secondary N) is 2. The van der Waals surface area contributed by atoms with Crippen molar-refractivity contribution in [2.24, 2.45) is 0 Å². The fourth-order valence-electron chi connectivity index (χ4n) is 1.60. The number of hydrogen-bond acceptors (Lipinski definition) is 4. The van der Waals surface area contributed by atoms with Crippen molar-refractivity contribution in [3.8, 4) is 0 Å². The minimum Gasteiger partial charge on any atom is -0.481 e. The second kappa shape index (κ2) is 5.58. The summed E-state index contributed by atoms with van der Waals surface area (Å²) >= 11 is 0. The molecule has 3 N–H and O–H groups in total. The average Bonchev–Trinajstić information content (AvgIpc) is 2.12. The Hall–Kier alpha value is -0.460. The number of carboxylic acids is 1. The van der Waals surface area contributed by atoms with Crippen molar-refractivity contribution < 1.29 is 14.1 Å². The SMILES string of the molecule is CCS(=O)CCNC1(CC(=O)O)CNC1. The van der Waals surface area contributed by atoms with Crippen LogP contribution in [0.15, 0.2) is 0 Å². The zero-order valence-electron chi connectivity index (χ0n) is 8.91. The number of carboxylic acid groups (broad SMARTS) is 1. The smallest absolute Gasteiger partial charge is 0.305 e. The first kappa shape index (κ1) is 12.6. The quantitative estimate of drug-likeness (QED) is 0.535. The highest BCUT2D eigenvalue weighted by atomic mass is 32.2. The van der Waals surface area contributed by atoms with Gasteiger partial charge in [-0.3, -0.25) is 9.00 Å². The van der Waals surface area contributed by atoms with Crippen molar-refractivity contribution in [1.29, 1.82) is 0 Å². The van der Waals surface area contributed by atoms with Crippen LogP contribution in [0.25, 0.3) is 0 Å². The summed E-state index contributed by atoms with van der Waals surface area (Å²) in [6, 6.07) is 0. The molecule has 5 nitrogen and oxygen atoms in total. The van der Waals surface area contributed by atoms with E-state index in [0.717, 1.165) is 0 Å². The topological polar surface area (TPSA) is 78.4 Å². The molecule has 0 aromatic carbocycles. The molecule has 0 aromatic rings. The molecule has 1 atom stereocenters. The lowest BCUT2D eigenvalue weighted by Gasteiger charge is -2.42. The van der Waals surface area contributed by atoms with Crippen LogP contribution in [0.5, 0.6) is 0 Å². The van der Waals surface area contributed by atoms with E-state index in [9.17, 15) is 9.00 Å². The molecule has 0 saturated carbocycles. The van der Waals surface area contributed by atoms with Crippen LogP contribution in [0.2, 0.25) is 0 Å². The van der Waals surface area contributed by atoms with Gasteiger partial charge in [0, 0.05) is 41.9 Å². The highest BCUT2D eigenvalue weighted by molar-refractivity contribution is 7.84. The van der Waals surface area contributed by atoms with Crippen molar-refractivity contribution in [1.82, 2.24) is 10.6 Å². The van der Waals surface area contributed by atoms with E-state index in [1.807, 2.05) is 6.92 Å². The Bertz CT molecular complexity index is 254. The normalized spacial score (nSPS) is 20.6. The van der Waals surface area contributed by atoms with Crippen LogP contribution in [0.1, 0.15) is 13.3 Å². The Morgan fingerprint density at radius 2 is 2.27 bits per heavy atom. The molecule has 0 amide bonds. The largest absolute Gasteiger partial charge is 0.481 e. The van der Waals surface area contributed by atoms with E-state index in [1.54, 1.807) is 0 Å². The van der Waals surface area contributed by atoms with E-state index in [4.69, 9.17) is 5.11 Å². The zero-order valence-corrected chi connectivity index (χ0v) is 9.73. The summed E-state index contributed by atoms with van der Waals surface area (Å²) in [5.41, 5.74) is -0.316. The molecule has 1 saturated heterocycles. The van der Waals surface area contributed by atoms with E-state index in [0.29, 0.717) is 31.1 Å². The third-order valence-electron chi connectivity index (χ3n) is 2.57. The predicted octanol–water partition coefficient (Wildman–Crippen LogP) is -0.839. The highest BCUT2D eigenvalue weighted by Gasteiger charge is 2.38. The van der Waals surface area contributed by atoms with Crippen LogP contribution in [0.4, 0.5) is 0 Å². The first-order valence-corrected chi connectivity index (χ1v) is 6.59. The molecule has 0 aliphatic carbocycles. The Balaban J connectivity index is 2.27. The fourth-order valence-corrected chi connectivity index (χ4v) is 2.22. The van der Waals surface area contributed by atoms with Crippen LogP contribution in [0, 0.1) is 0 Å². The lowest BCUT2D eigenvalue weighted by Crippen LogP contribution is -2.68. The second-order valence-electron chi connectivity index (χ2n) is 3.81. The molecular weight excluding hydrogens is 216 g/mol. The maximum atomic E-state index is 11.2. The van der Waals surface area contributed by atoms with Gasteiger partial charge in [-0.05, 0) is 0 Å². The van der Waals surface area contributed by atoms with Crippen LogP contribution < -0.4 is 10.6 Å². The first-order chi connectivity index (χ1) is 7.08. The number of rotatable bonds is 7. The monoisotopic (exact) mass is 234 g/mol. The van der Waals surface area contributed by atoms with Crippen LogP contribution >= 0.6 is 0 Å². The molecule has 6 heteroatoms. The molecular formula is C9H18N2O3S. The Labute approximate surface area is 92.1 Å². The molecule has 0 bridgehead atoms. The second-order valence-corrected chi connectivity index (χ2v) is 5.68. The van der Waals surface area contributed by atoms with E-state index in [2.05, 4.69) is 10.6 Å². The van der Waals surface area contributed by atoms with Gasteiger partial charge in [0.15, 0.2) is 0 Å². The molecule has 1 heterocycles. The predicted molar refractivity (Wildman–Crippen MR) is 59.4 cm³/mol. The molecule has 1 fully saturated rings. The molecule has 15 heavy (non-hydrogen) atoms. The van der Waals surface area contributed by atoms with E-state index >= 15 is 0 Å². The van der Waals surface area contributed by atoms with Gasteiger partial charge in [-0.1, -0.05) is 6.92 Å².